The first-order valence-corrected chi connectivity index (χ1v) is 8.88. The summed E-state index contributed by atoms with van der Waals surface area (Å²) in [5, 5.41) is 20.3. The standard InChI is InChI=1S/C20H31FO4/c1-6-7-8-9-10-17(20(4,24)18(22)23)19(2,3)15-13-14(21)11-12-16(15)25-5/h11-13,17,24H,6-10H2,1-5H3,(H,22,23). The summed E-state index contributed by atoms with van der Waals surface area (Å²) in [7, 11) is 1.50. The number of carboxylic acids is 1. The van der Waals surface area contributed by atoms with E-state index in [0.717, 1.165) is 25.7 Å². The van der Waals surface area contributed by atoms with E-state index in [4.69, 9.17) is 4.74 Å². The van der Waals surface area contributed by atoms with Crippen LogP contribution in [-0.2, 0) is 10.2 Å². The number of benzene rings is 1. The predicted molar refractivity (Wildman–Crippen MR) is 96.5 cm³/mol. The molecule has 2 atom stereocenters. The van der Waals surface area contributed by atoms with E-state index in [1.807, 2.05) is 13.8 Å². The van der Waals surface area contributed by atoms with Crippen molar-refractivity contribution in [2.45, 2.75) is 70.8 Å². The molecule has 0 aliphatic carbocycles. The Morgan fingerprint density at radius 1 is 1.24 bits per heavy atom. The first-order chi connectivity index (χ1) is 11.6. The molecule has 2 unspecified atom stereocenters. The Hall–Kier alpha value is -1.62. The molecular formula is C20H31FO4. The maximum Gasteiger partial charge on any atom is 0.335 e. The van der Waals surface area contributed by atoms with Crippen LogP contribution in [0.1, 0.15) is 65.4 Å². The molecule has 1 rings (SSSR count). The molecule has 0 heterocycles. The van der Waals surface area contributed by atoms with Crippen LogP contribution in [0.15, 0.2) is 18.2 Å². The van der Waals surface area contributed by atoms with Crippen LogP contribution in [-0.4, -0.2) is 28.9 Å². The van der Waals surface area contributed by atoms with Gasteiger partial charge in [-0.25, -0.2) is 9.18 Å². The zero-order valence-electron chi connectivity index (χ0n) is 15.9. The molecule has 1 aromatic rings. The molecule has 25 heavy (non-hydrogen) atoms. The van der Waals surface area contributed by atoms with Gasteiger partial charge in [0, 0.05) is 11.5 Å². The van der Waals surface area contributed by atoms with Gasteiger partial charge >= 0.3 is 5.97 Å². The van der Waals surface area contributed by atoms with E-state index in [0.29, 0.717) is 17.7 Å². The van der Waals surface area contributed by atoms with Gasteiger partial charge < -0.3 is 14.9 Å². The SMILES string of the molecule is CCCCCCC(C(C)(O)C(=O)O)C(C)(C)c1cc(F)ccc1OC. The molecule has 1 aromatic carbocycles. The minimum Gasteiger partial charge on any atom is -0.496 e. The number of carboxylic acid groups (broad SMARTS) is 1. The van der Waals surface area contributed by atoms with Crippen LogP contribution >= 0.6 is 0 Å². The van der Waals surface area contributed by atoms with Gasteiger partial charge in [0.25, 0.3) is 0 Å². The van der Waals surface area contributed by atoms with E-state index >= 15 is 0 Å². The second-order valence-corrected chi connectivity index (χ2v) is 7.42. The van der Waals surface area contributed by atoms with E-state index in [2.05, 4.69) is 6.92 Å². The topological polar surface area (TPSA) is 66.8 Å². The monoisotopic (exact) mass is 354 g/mol. The van der Waals surface area contributed by atoms with Gasteiger partial charge in [-0.1, -0.05) is 46.5 Å². The molecule has 0 aliphatic heterocycles. The molecule has 0 amide bonds. The second-order valence-electron chi connectivity index (χ2n) is 7.42. The summed E-state index contributed by atoms with van der Waals surface area (Å²) in [5.41, 5.74) is -2.15. The lowest BCUT2D eigenvalue weighted by Crippen LogP contribution is -2.51. The molecule has 0 spiro atoms. The Bertz CT molecular complexity index is 581. The van der Waals surface area contributed by atoms with Crippen molar-refractivity contribution in [3.63, 3.8) is 0 Å². The van der Waals surface area contributed by atoms with E-state index < -0.39 is 28.7 Å². The summed E-state index contributed by atoms with van der Waals surface area (Å²) in [6.07, 6.45) is 4.45. The number of unbranched alkanes of at least 4 members (excludes halogenated alkanes) is 3. The van der Waals surface area contributed by atoms with Crippen molar-refractivity contribution in [3.05, 3.63) is 29.6 Å². The zero-order valence-corrected chi connectivity index (χ0v) is 15.9. The van der Waals surface area contributed by atoms with E-state index in [1.165, 1.54) is 32.2 Å². The molecule has 0 fully saturated rings. The number of carbonyl (C=O) groups is 1. The largest absolute Gasteiger partial charge is 0.496 e. The summed E-state index contributed by atoms with van der Waals surface area (Å²) >= 11 is 0. The number of halogens is 1. The molecular weight excluding hydrogens is 323 g/mol. The van der Waals surface area contributed by atoms with Crippen LogP contribution < -0.4 is 4.74 Å². The summed E-state index contributed by atoms with van der Waals surface area (Å²) in [5.74, 6) is -1.78. The quantitative estimate of drug-likeness (QED) is 0.606. The average Bonchev–Trinajstić information content (AvgIpc) is 2.54. The molecule has 0 aromatic heterocycles. The van der Waals surface area contributed by atoms with Crippen molar-refractivity contribution < 1.29 is 24.1 Å². The van der Waals surface area contributed by atoms with Gasteiger partial charge in [0.2, 0.25) is 0 Å². The summed E-state index contributed by atoms with van der Waals surface area (Å²) < 4.78 is 19.2. The van der Waals surface area contributed by atoms with Gasteiger partial charge in [0.05, 0.1) is 7.11 Å². The number of hydrogen-bond donors (Lipinski definition) is 2. The van der Waals surface area contributed by atoms with Crippen molar-refractivity contribution in [3.8, 4) is 5.75 Å². The maximum absolute atomic E-state index is 13.9. The third kappa shape index (κ3) is 4.94. The lowest BCUT2D eigenvalue weighted by atomic mass is 9.64. The number of methoxy groups -OCH3 is 1. The molecule has 4 nitrogen and oxygen atoms in total. The van der Waals surface area contributed by atoms with E-state index in [-0.39, 0.29) is 0 Å². The van der Waals surface area contributed by atoms with E-state index in [1.54, 1.807) is 0 Å². The molecule has 0 saturated carbocycles. The number of rotatable bonds is 10. The van der Waals surface area contributed by atoms with Gasteiger partial charge in [-0.05, 0) is 37.0 Å². The lowest BCUT2D eigenvalue weighted by molar-refractivity contribution is -0.166. The molecule has 0 bridgehead atoms. The normalized spacial score (nSPS) is 15.5. The minimum absolute atomic E-state index is 0.413. The molecule has 5 heteroatoms. The Morgan fingerprint density at radius 3 is 2.40 bits per heavy atom. The number of aliphatic hydroxyl groups is 1. The van der Waals surface area contributed by atoms with Crippen molar-refractivity contribution in [1.82, 2.24) is 0 Å². The molecule has 0 aliphatic rings. The van der Waals surface area contributed by atoms with Crippen molar-refractivity contribution in [1.29, 1.82) is 0 Å². The smallest absolute Gasteiger partial charge is 0.335 e. The van der Waals surface area contributed by atoms with Gasteiger partial charge in [0.15, 0.2) is 5.60 Å². The molecule has 2 N–H and O–H groups in total. The van der Waals surface area contributed by atoms with Crippen LogP contribution in [0, 0.1) is 11.7 Å². The van der Waals surface area contributed by atoms with Gasteiger partial charge in [0.1, 0.15) is 11.6 Å². The van der Waals surface area contributed by atoms with Gasteiger partial charge in [-0.15, -0.1) is 0 Å². The first kappa shape index (κ1) is 21.4. The minimum atomic E-state index is -1.92. The highest BCUT2D eigenvalue weighted by molar-refractivity contribution is 5.77. The first-order valence-electron chi connectivity index (χ1n) is 8.88. The Labute approximate surface area is 150 Å². The van der Waals surface area contributed by atoms with Crippen LogP contribution in [0.25, 0.3) is 0 Å². The number of aliphatic carboxylic acids is 1. The second kappa shape index (κ2) is 8.65. The third-order valence-corrected chi connectivity index (χ3v) is 5.18. The lowest BCUT2D eigenvalue weighted by Gasteiger charge is -2.42. The fourth-order valence-electron chi connectivity index (χ4n) is 3.64. The molecule has 0 radical (unpaired) electrons. The Morgan fingerprint density at radius 2 is 1.88 bits per heavy atom. The highest BCUT2D eigenvalue weighted by atomic mass is 19.1. The summed E-state index contributed by atoms with van der Waals surface area (Å²) in [6.45, 7) is 7.11. The fraction of sp³-hybridized carbons (Fsp3) is 0.650. The van der Waals surface area contributed by atoms with Crippen LogP contribution in [0.4, 0.5) is 4.39 Å². The van der Waals surface area contributed by atoms with Gasteiger partial charge in [-0.3, -0.25) is 0 Å². The van der Waals surface area contributed by atoms with Gasteiger partial charge in [-0.2, -0.15) is 0 Å². The summed E-state index contributed by atoms with van der Waals surface area (Å²) in [4.78, 5) is 11.7. The van der Waals surface area contributed by atoms with Crippen molar-refractivity contribution in [2.75, 3.05) is 7.11 Å². The number of hydrogen-bond acceptors (Lipinski definition) is 3. The van der Waals surface area contributed by atoms with Crippen LogP contribution in [0.5, 0.6) is 5.75 Å². The van der Waals surface area contributed by atoms with Crippen LogP contribution in [0.2, 0.25) is 0 Å². The highest BCUT2D eigenvalue weighted by Gasteiger charge is 2.48. The number of ether oxygens (including phenoxy) is 1. The highest BCUT2D eigenvalue weighted by Crippen LogP contribution is 2.45. The third-order valence-electron chi connectivity index (χ3n) is 5.18. The predicted octanol–water partition coefficient (Wildman–Crippen LogP) is 4.53. The summed E-state index contributed by atoms with van der Waals surface area (Å²) in [6, 6.07) is 4.22. The zero-order chi connectivity index (χ0) is 19.3. The fourth-order valence-corrected chi connectivity index (χ4v) is 3.64. The Kier molecular flexibility index (Phi) is 7.42. The Balaban J connectivity index is 3.31. The van der Waals surface area contributed by atoms with E-state index in [9.17, 15) is 19.4 Å². The van der Waals surface area contributed by atoms with Crippen LogP contribution in [0.3, 0.4) is 0 Å². The average molecular weight is 354 g/mol. The van der Waals surface area contributed by atoms with Crippen molar-refractivity contribution in [2.24, 2.45) is 5.92 Å². The molecule has 142 valence electrons. The van der Waals surface area contributed by atoms with Crippen molar-refractivity contribution >= 4 is 5.97 Å². The molecule has 0 saturated heterocycles. The maximum atomic E-state index is 13.9.